The van der Waals surface area contributed by atoms with E-state index in [1.165, 1.54) is 28.6 Å². The predicted octanol–water partition coefficient (Wildman–Crippen LogP) is -2.28. The largest absolute Gasteiger partial charge is 0.480 e. The topological polar surface area (TPSA) is 228 Å². The maximum atomic E-state index is 13.5. The van der Waals surface area contributed by atoms with Crippen molar-refractivity contribution in [3.8, 4) is 0 Å². The van der Waals surface area contributed by atoms with Gasteiger partial charge in [-0.1, -0.05) is 24.3 Å². The number of hydrogen-bond acceptors (Lipinski definition) is 6. The zero-order chi connectivity index (χ0) is 30.4. The summed E-state index contributed by atoms with van der Waals surface area (Å²) in [5.41, 5.74) is 11.5. The van der Waals surface area contributed by atoms with Crippen LogP contribution in [0.5, 0.6) is 0 Å². The van der Waals surface area contributed by atoms with Crippen molar-refractivity contribution in [2.75, 3.05) is 13.1 Å². The highest BCUT2D eigenvalue weighted by Gasteiger charge is 2.51. The van der Waals surface area contributed by atoms with Crippen molar-refractivity contribution in [2.45, 2.75) is 48.7 Å². The van der Waals surface area contributed by atoms with E-state index in [0.717, 1.165) is 0 Å². The summed E-state index contributed by atoms with van der Waals surface area (Å²) in [5.74, 6) is -3.73. The maximum Gasteiger partial charge on any atom is 0.343 e. The number of nitrogens with zero attached hydrogens (tertiary/aromatic N) is 1. The molecule has 3 amide bonds. The molecule has 0 aromatic heterocycles. The summed E-state index contributed by atoms with van der Waals surface area (Å²) in [7, 11) is -4.02. The number of nitrogens with two attached hydrogens (primary N) is 2. The minimum absolute atomic E-state index is 0.0595. The molecule has 2 aromatic rings. The van der Waals surface area contributed by atoms with Crippen molar-refractivity contribution in [3.05, 3.63) is 60.2 Å². The van der Waals surface area contributed by atoms with Crippen LogP contribution in [0.15, 0.2) is 59.5 Å². The Labute approximate surface area is 242 Å². The molecule has 2 atom stereocenters. The number of carboxylic acid groups (broad SMARTS) is 1. The fourth-order valence-electron chi connectivity index (χ4n) is 5.40. The first kappa shape index (κ1) is 30.5. The molecule has 2 heterocycles. The van der Waals surface area contributed by atoms with Crippen molar-refractivity contribution in [1.29, 1.82) is 0 Å². The van der Waals surface area contributed by atoms with Crippen LogP contribution in [0.1, 0.15) is 36.0 Å². The Balaban J connectivity index is 1.37. The molecule has 2 aliphatic heterocycles. The monoisotopic (exact) mass is 600 g/mol. The number of fused-ring (bicyclic) bond motifs is 3. The van der Waals surface area contributed by atoms with Gasteiger partial charge in [0.2, 0.25) is 21.8 Å². The van der Waals surface area contributed by atoms with Crippen molar-refractivity contribution < 1.29 is 37.7 Å². The fraction of sp³-hybridized carbons (Fsp3) is 0.370. The molecule has 0 radical (unpaired) electrons. The number of nitrogens with one attached hydrogen (secondary N) is 4. The van der Waals surface area contributed by atoms with E-state index in [0.29, 0.717) is 31.4 Å². The summed E-state index contributed by atoms with van der Waals surface area (Å²) in [5, 5.41) is 17.0. The van der Waals surface area contributed by atoms with E-state index in [9.17, 15) is 32.7 Å². The standard InChI is InChI=1S/C27H33N7O7S/c28-27(29)32-18-6-4-5-17(13-18)24(36)31-15-22(35)30-14-21(26(38)39)33-25(37)23-16-9-11-19(12-10-16)34(23)42(40,41)20-7-2-1-3-8-20/h1-8,13,16,19,21,23H,9-12,14-15H2,(H,30,35)(H,31,36)(H,33,37)(H,38,39)(H4,28,29,32)/p+1. The lowest BCUT2D eigenvalue weighted by Crippen LogP contribution is -2.72. The van der Waals surface area contributed by atoms with Gasteiger partial charge in [-0.15, -0.1) is 0 Å². The number of sulfonamides is 1. The minimum atomic E-state index is -4.02. The fourth-order valence-corrected chi connectivity index (χ4v) is 7.31. The van der Waals surface area contributed by atoms with Crippen LogP contribution in [0.4, 0.5) is 5.69 Å². The van der Waals surface area contributed by atoms with E-state index in [4.69, 9.17) is 11.5 Å². The smallest absolute Gasteiger partial charge is 0.343 e. The first-order valence-electron chi connectivity index (χ1n) is 13.4. The summed E-state index contributed by atoms with van der Waals surface area (Å²) < 4.78 is 28.3. The number of carboxylic acids is 1. The molecule has 3 fully saturated rings. The second-order valence-electron chi connectivity index (χ2n) is 10.2. The molecule has 3 aliphatic rings. The third-order valence-corrected chi connectivity index (χ3v) is 9.30. The quantitative estimate of drug-likeness (QED) is 0.109. The second kappa shape index (κ2) is 13.0. The number of rotatable bonds is 11. The lowest BCUT2D eigenvalue weighted by molar-refractivity contribution is -0.356. The summed E-state index contributed by atoms with van der Waals surface area (Å²) in [6.45, 7) is -0.940. The van der Waals surface area contributed by atoms with Crippen molar-refractivity contribution >= 4 is 45.4 Å². The van der Waals surface area contributed by atoms with Crippen LogP contribution < -0.4 is 32.4 Å². The Bertz CT molecular complexity index is 1470. The Morgan fingerprint density at radius 3 is 2.31 bits per heavy atom. The highest BCUT2D eigenvalue weighted by molar-refractivity contribution is 7.89. The Morgan fingerprint density at radius 1 is 0.976 bits per heavy atom. The average Bonchev–Trinajstić information content (AvgIpc) is 2.98. The van der Waals surface area contributed by atoms with Crippen LogP contribution >= 0.6 is 0 Å². The van der Waals surface area contributed by atoms with Crippen molar-refractivity contribution in [2.24, 2.45) is 17.4 Å². The van der Waals surface area contributed by atoms with E-state index in [1.807, 2.05) is 0 Å². The van der Waals surface area contributed by atoms with Gasteiger partial charge in [0.15, 0.2) is 0 Å². The lowest BCUT2D eigenvalue weighted by atomic mass is 9.76. The molecule has 224 valence electrons. The number of piperidine rings is 2. The maximum absolute atomic E-state index is 13.5. The Kier molecular flexibility index (Phi) is 9.42. The summed E-state index contributed by atoms with van der Waals surface area (Å²) in [4.78, 5) is 52.9. The number of hydrogen-bond donors (Lipinski definition) is 7. The molecule has 0 spiro atoms. The highest BCUT2D eigenvalue weighted by Crippen LogP contribution is 2.42. The first-order chi connectivity index (χ1) is 20.0. The lowest BCUT2D eigenvalue weighted by Gasteiger charge is -2.49. The molecular formula is C27H34N7O7S+. The third kappa shape index (κ3) is 7.03. The normalized spacial score (nSPS) is 20.6. The van der Waals surface area contributed by atoms with Crippen LogP contribution in [-0.2, 0) is 24.4 Å². The molecule has 42 heavy (non-hydrogen) atoms. The van der Waals surface area contributed by atoms with Gasteiger partial charge in [0.1, 0.15) is 12.1 Å². The van der Waals surface area contributed by atoms with E-state index in [1.54, 1.807) is 30.3 Å². The van der Waals surface area contributed by atoms with Crippen LogP contribution in [0, 0.1) is 5.92 Å². The van der Waals surface area contributed by atoms with E-state index in [2.05, 4.69) is 20.9 Å². The molecule has 1 aliphatic carbocycles. The Hall–Kier alpha value is -4.50. The molecule has 2 unspecified atom stereocenters. The SMILES string of the molecule is NC(N)=[NH+]c1cccc(C(=O)NCC(=O)NCC(NC(=O)C2C3CCC(CC3)N2S(=O)(=O)c2ccccc2)C(=O)O)c1. The summed E-state index contributed by atoms with van der Waals surface area (Å²) in [6.07, 6.45) is 2.53. The van der Waals surface area contributed by atoms with Crippen LogP contribution in [-0.4, -0.2) is 78.7 Å². The molecule has 9 N–H and O–H groups in total. The number of amides is 3. The van der Waals surface area contributed by atoms with Gasteiger partial charge in [-0.05, 0) is 61.9 Å². The zero-order valence-electron chi connectivity index (χ0n) is 22.7. The summed E-state index contributed by atoms with van der Waals surface area (Å²) >= 11 is 0. The number of guanidine groups is 1. The van der Waals surface area contributed by atoms with Gasteiger partial charge in [0.25, 0.3) is 5.91 Å². The van der Waals surface area contributed by atoms with Gasteiger partial charge < -0.3 is 21.1 Å². The van der Waals surface area contributed by atoms with Gasteiger partial charge in [0.05, 0.1) is 17.1 Å². The molecule has 2 saturated heterocycles. The van der Waals surface area contributed by atoms with Crippen LogP contribution in [0.25, 0.3) is 0 Å². The first-order valence-corrected chi connectivity index (χ1v) is 14.8. The zero-order valence-corrected chi connectivity index (χ0v) is 23.5. The number of benzene rings is 2. The number of aliphatic carboxylic acids is 1. The third-order valence-electron chi connectivity index (χ3n) is 7.35. The van der Waals surface area contributed by atoms with Gasteiger partial charge in [-0.3, -0.25) is 25.9 Å². The van der Waals surface area contributed by atoms with Gasteiger partial charge in [-0.25, -0.2) is 18.2 Å². The number of carbonyl (C=O) groups is 4. The Morgan fingerprint density at radius 2 is 1.67 bits per heavy atom. The molecule has 15 heteroatoms. The molecular weight excluding hydrogens is 566 g/mol. The van der Waals surface area contributed by atoms with E-state index < -0.39 is 58.9 Å². The van der Waals surface area contributed by atoms with Crippen LogP contribution in [0.2, 0.25) is 0 Å². The van der Waals surface area contributed by atoms with E-state index in [-0.39, 0.29) is 28.4 Å². The number of carbonyl (C=O) groups excluding carboxylic acids is 3. The molecule has 5 rings (SSSR count). The van der Waals surface area contributed by atoms with Crippen LogP contribution in [0.3, 0.4) is 0 Å². The van der Waals surface area contributed by atoms with Gasteiger partial charge in [0, 0.05) is 18.2 Å². The molecule has 1 saturated carbocycles. The summed E-state index contributed by atoms with van der Waals surface area (Å²) in [6, 6.07) is 11.1. The van der Waals surface area contributed by atoms with Gasteiger partial charge >= 0.3 is 11.9 Å². The van der Waals surface area contributed by atoms with Crippen molar-refractivity contribution in [3.63, 3.8) is 0 Å². The molecule has 2 bridgehead atoms. The second-order valence-corrected chi connectivity index (χ2v) is 12.1. The van der Waals surface area contributed by atoms with Crippen molar-refractivity contribution in [1.82, 2.24) is 20.3 Å². The minimum Gasteiger partial charge on any atom is -0.480 e. The average molecular weight is 601 g/mol. The van der Waals surface area contributed by atoms with Gasteiger partial charge in [-0.2, -0.15) is 4.31 Å². The predicted molar refractivity (Wildman–Crippen MR) is 150 cm³/mol. The molecule has 2 aromatic carbocycles. The van der Waals surface area contributed by atoms with E-state index >= 15 is 0 Å². The highest BCUT2D eigenvalue weighted by atomic mass is 32.2. The molecule has 14 nitrogen and oxygen atoms in total.